The molecule has 3 aromatic rings. The van der Waals surface area contributed by atoms with E-state index in [1.165, 1.54) is 12.1 Å². The fourth-order valence-electron chi connectivity index (χ4n) is 3.41. The van der Waals surface area contributed by atoms with E-state index in [4.69, 9.17) is 16.6 Å². The van der Waals surface area contributed by atoms with Crippen molar-refractivity contribution in [1.29, 1.82) is 0 Å². The van der Waals surface area contributed by atoms with E-state index in [1.54, 1.807) is 18.3 Å². The van der Waals surface area contributed by atoms with Gasteiger partial charge in [-0.05, 0) is 30.7 Å². The molecule has 0 N–H and O–H groups in total. The van der Waals surface area contributed by atoms with Gasteiger partial charge in [0, 0.05) is 61.8 Å². The monoisotopic (exact) mass is 424 g/mol. The Balaban J connectivity index is 1.53. The van der Waals surface area contributed by atoms with Crippen LogP contribution in [0.3, 0.4) is 0 Å². The molecule has 8 nitrogen and oxygen atoms in total. The molecule has 1 aliphatic rings. The number of aromatic nitrogens is 3. The average molecular weight is 425 g/mol. The highest BCUT2D eigenvalue weighted by Crippen LogP contribution is 2.24. The third-order valence-corrected chi connectivity index (χ3v) is 5.33. The Bertz CT molecular complexity index is 1030. The molecule has 0 spiro atoms. The predicted molar refractivity (Wildman–Crippen MR) is 117 cm³/mol. The number of anilines is 2. The van der Waals surface area contributed by atoms with Crippen LogP contribution in [-0.2, 0) is 6.42 Å². The van der Waals surface area contributed by atoms with Gasteiger partial charge >= 0.3 is 0 Å². The normalized spacial score (nSPS) is 14.1. The van der Waals surface area contributed by atoms with Gasteiger partial charge in [0.15, 0.2) is 5.82 Å². The summed E-state index contributed by atoms with van der Waals surface area (Å²) in [5.74, 6) is 2.38. The lowest BCUT2D eigenvalue weighted by atomic mass is 10.2. The standard InChI is InChI=1S/C21H21ClN6O2/c1-2-17-13-20(25-21(24-17)15-3-6-18(7-4-15)28(29)30)27-11-9-26(10-12-27)19-8-5-16(22)14-23-19/h3-8,13-14H,2,9-12H2,1H3. The summed E-state index contributed by atoms with van der Waals surface area (Å²) in [5, 5.41) is 11.5. The Hall–Kier alpha value is -3.26. The number of rotatable bonds is 5. The van der Waals surface area contributed by atoms with Gasteiger partial charge in [-0.25, -0.2) is 15.0 Å². The van der Waals surface area contributed by atoms with Gasteiger partial charge in [-0.3, -0.25) is 10.1 Å². The minimum Gasteiger partial charge on any atom is -0.353 e. The van der Waals surface area contributed by atoms with Crippen molar-refractivity contribution >= 4 is 28.9 Å². The van der Waals surface area contributed by atoms with Crippen LogP contribution in [0.4, 0.5) is 17.3 Å². The van der Waals surface area contributed by atoms with Crippen LogP contribution in [0.5, 0.6) is 0 Å². The van der Waals surface area contributed by atoms with Crippen molar-refractivity contribution in [1.82, 2.24) is 15.0 Å². The fraction of sp³-hybridized carbons (Fsp3) is 0.286. The molecule has 1 fully saturated rings. The molecule has 9 heteroatoms. The Labute approximate surface area is 179 Å². The summed E-state index contributed by atoms with van der Waals surface area (Å²) in [6.07, 6.45) is 2.45. The number of pyridine rings is 1. The summed E-state index contributed by atoms with van der Waals surface area (Å²) < 4.78 is 0. The van der Waals surface area contributed by atoms with Gasteiger partial charge < -0.3 is 9.80 Å². The minimum absolute atomic E-state index is 0.0533. The van der Waals surface area contributed by atoms with Gasteiger partial charge in [-0.15, -0.1) is 0 Å². The number of aryl methyl sites for hydroxylation is 1. The van der Waals surface area contributed by atoms with Crippen LogP contribution in [0, 0.1) is 10.1 Å². The van der Waals surface area contributed by atoms with Gasteiger partial charge in [0.2, 0.25) is 0 Å². The van der Waals surface area contributed by atoms with Gasteiger partial charge in [-0.1, -0.05) is 18.5 Å². The van der Waals surface area contributed by atoms with E-state index in [0.29, 0.717) is 10.8 Å². The predicted octanol–water partition coefficient (Wildman–Crippen LogP) is 3.99. The minimum atomic E-state index is -0.409. The lowest BCUT2D eigenvalue weighted by molar-refractivity contribution is -0.384. The van der Waals surface area contributed by atoms with Crippen molar-refractivity contribution in [3.63, 3.8) is 0 Å². The number of nitro benzene ring substituents is 1. The molecule has 1 aliphatic heterocycles. The van der Waals surface area contributed by atoms with Crippen LogP contribution in [0.15, 0.2) is 48.7 Å². The molecule has 0 aliphatic carbocycles. The smallest absolute Gasteiger partial charge is 0.269 e. The van der Waals surface area contributed by atoms with E-state index < -0.39 is 4.92 Å². The second-order valence-electron chi connectivity index (χ2n) is 7.01. The highest BCUT2D eigenvalue weighted by atomic mass is 35.5. The molecular weight excluding hydrogens is 404 g/mol. The van der Waals surface area contributed by atoms with Crippen molar-refractivity contribution in [2.45, 2.75) is 13.3 Å². The molecule has 0 atom stereocenters. The molecule has 1 saturated heterocycles. The first kappa shape index (κ1) is 20.0. The number of nitro groups is 1. The van der Waals surface area contributed by atoms with Gasteiger partial charge in [-0.2, -0.15) is 0 Å². The van der Waals surface area contributed by atoms with E-state index in [9.17, 15) is 10.1 Å². The van der Waals surface area contributed by atoms with Crippen LogP contribution in [-0.4, -0.2) is 46.1 Å². The molecule has 154 valence electrons. The zero-order chi connectivity index (χ0) is 21.1. The second kappa shape index (κ2) is 8.62. The Kier molecular flexibility index (Phi) is 5.76. The average Bonchev–Trinajstić information content (AvgIpc) is 2.79. The summed E-state index contributed by atoms with van der Waals surface area (Å²) in [5.41, 5.74) is 1.76. The summed E-state index contributed by atoms with van der Waals surface area (Å²) in [6.45, 7) is 5.32. The summed E-state index contributed by atoms with van der Waals surface area (Å²) in [7, 11) is 0. The summed E-state index contributed by atoms with van der Waals surface area (Å²) in [4.78, 5) is 28.7. The number of benzene rings is 1. The van der Waals surface area contributed by atoms with E-state index in [2.05, 4.69) is 26.7 Å². The Morgan fingerprint density at radius 3 is 2.23 bits per heavy atom. The molecule has 0 amide bonds. The number of nitrogens with zero attached hydrogens (tertiary/aromatic N) is 6. The number of hydrogen-bond donors (Lipinski definition) is 0. The zero-order valence-electron chi connectivity index (χ0n) is 16.5. The third kappa shape index (κ3) is 4.33. The van der Waals surface area contributed by atoms with Crippen molar-refractivity contribution < 1.29 is 4.92 Å². The van der Waals surface area contributed by atoms with Crippen LogP contribution in [0.1, 0.15) is 12.6 Å². The number of non-ortho nitro benzene ring substituents is 1. The first-order valence-electron chi connectivity index (χ1n) is 9.77. The van der Waals surface area contributed by atoms with Crippen molar-refractivity contribution in [3.8, 4) is 11.4 Å². The molecule has 0 unspecified atom stereocenters. The maximum Gasteiger partial charge on any atom is 0.269 e. The summed E-state index contributed by atoms with van der Waals surface area (Å²) >= 11 is 5.94. The number of hydrogen-bond acceptors (Lipinski definition) is 7. The molecular formula is C21H21ClN6O2. The zero-order valence-corrected chi connectivity index (χ0v) is 17.3. The molecule has 0 radical (unpaired) electrons. The molecule has 1 aromatic carbocycles. The molecule has 2 aromatic heterocycles. The largest absolute Gasteiger partial charge is 0.353 e. The molecule has 3 heterocycles. The van der Waals surface area contributed by atoms with Crippen LogP contribution in [0.2, 0.25) is 5.02 Å². The van der Waals surface area contributed by atoms with Crippen molar-refractivity contribution in [2.24, 2.45) is 0 Å². The third-order valence-electron chi connectivity index (χ3n) is 5.10. The van der Waals surface area contributed by atoms with Crippen LogP contribution >= 0.6 is 11.6 Å². The van der Waals surface area contributed by atoms with Gasteiger partial charge in [0.05, 0.1) is 9.95 Å². The van der Waals surface area contributed by atoms with Crippen LogP contribution < -0.4 is 9.80 Å². The number of halogens is 1. The van der Waals surface area contributed by atoms with Gasteiger partial charge in [0.1, 0.15) is 11.6 Å². The molecule has 4 rings (SSSR count). The van der Waals surface area contributed by atoms with E-state index in [1.807, 2.05) is 18.2 Å². The maximum atomic E-state index is 10.9. The fourth-order valence-corrected chi connectivity index (χ4v) is 3.52. The van der Waals surface area contributed by atoms with Crippen molar-refractivity contribution in [3.05, 3.63) is 69.5 Å². The summed E-state index contributed by atoms with van der Waals surface area (Å²) in [6, 6.07) is 12.2. The Morgan fingerprint density at radius 2 is 1.67 bits per heavy atom. The van der Waals surface area contributed by atoms with Crippen LogP contribution in [0.25, 0.3) is 11.4 Å². The highest BCUT2D eigenvalue weighted by Gasteiger charge is 2.20. The molecule has 0 saturated carbocycles. The Morgan fingerprint density at radius 1 is 1.00 bits per heavy atom. The van der Waals surface area contributed by atoms with E-state index in [-0.39, 0.29) is 5.69 Å². The molecule has 0 bridgehead atoms. The SMILES string of the molecule is CCc1cc(N2CCN(c3ccc(Cl)cn3)CC2)nc(-c2ccc([N+](=O)[O-])cc2)n1. The quantitative estimate of drug-likeness (QED) is 0.452. The lowest BCUT2D eigenvalue weighted by Gasteiger charge is -2.36. The topological polar surface area (TPSA) is 88.3 Å². The van der Waals surface area contributed by atoms with Crippen molar-refractivity contribution in [2.75, 3.05) is 36.0 Å². The maximum absolute atomic E-state index is 10.9. The first-order chi connectivity index (χ1) is 14.5. The first-order valence-corrected chi connectivity index (χ1v) is 10.2. The number of piperazine rings is 1. The van der Waals surface area contributed by atoms with Gasteiger partial charge in [0.25, 0.3) is 5.69 Å². The second-order valence-corrected chi connectivity index (χ2v) is 7.44. The van der Waals surface area contributed by atoms with E-state index >= 15 is 0 Å². The highest BCUT2D eigenvalue weighted by molar-refractivity contribution is 6.30. The molecule has 30 heavy (non-hydrogen) atoms. The van der Waals surface area contributed by atoms with E-state index in [0.717, 1.165) is 55.5 Å². The lowest BCUT2D eigenvalue weighted by Crippen LogP contribution is -2.47.